The maximum Gasteiger partial charge on any atom is 0.357 e. The van der Waals surface area contributed by atoms with Crippen LogP contribution in [0.15, 0.2) is 76.7 Å². The van der Waals surface area contributed by atoms with Crippen LogP contribution in [-0.2, 0) is 36.1 Å². The maximum absolute atomic E-state index is 13.8. The van der Waals surface area contributed by atoms with Crippen LogP contribution in [0.2, 0.25) is 5.02 Å². The number of carbonyl (C=O) groups excluding carboxylic acids is 2. The minimum atomic E-state index is -4.33. The largest absolute Gasteiger partial charge is 0.457 e. The topological polar surface area (TPSA) is 156 Å². The van der Waals surface area contributed by atoms with Crippen LogP contribution in [0.25, 0.3) is 0 Å². The monoisotopic (exact) mass is 623 g/mol. The van der Waals surface area contributed by atoms with Crippen molar-refractivity contribution in [2.75, 3.05) is 27.9 Å². The molecule has 216 valence electrons. The van der Waals surface area contributed by atoms with E-state index in [2.05, 4.69) is 21.0 Å². The molecule has 41 heavy (non-hydrogen) atoms. The van der Waals surface area contributed by atoms with E-state index in [1.54, 1.807) is 0 Å². The lowest BCUT2D eigenvalue weighted by molar-refractivity contribution is -0.119. The third-order valence-electron chi connectivity index (χ3n) is 5.52. The van der Waals surface area contributed by atoms with Gasteiger partial charge in [0.15, 0.2) is 0 Å². The van der Waals surface area contributed by atoms with Crippen molar-refractivity contribution in [3.8, 4) is 0 Å². The molecule has 4 rings (SSSR count). The minimum Gasteiger partial charge on any atom is -0.457 e. The molecule has 1 aliphatic rings. The van der Waals surface area contributed by atoms with Crippen molar-refractivity contribution >= 4 is 60.7 Å². The van der Waals surface area contributed by atoms with Crippen molar-refractivity contribution in [2.45, 2.75) is 17.9 Å². The molecule has 1 aliphatic heterocycles. The van der Waals surface area contributed by atoms with E-state index in [0.717, 1.165) is 23.4 Å². The molecule has 0 unspecified atom stereocenters. The third kappa shape index (κ3) is 7.11. The van der Waals surface area contributed by atoms with Crippen LogP contribution in [0.5, 0.6) is 0 Å². The Kier molecular flexibility index (Phi) is 8.51. The molecule has 2 aromatic carbocycles. The fourth-order valence-electron chi connectivity index (χ4n) is 3.85. The molecule has 1 amide bonds. The number of ether oxygens (including phenoxy) is 1. The first kappa shape index (κ1) is 29.8. The molecule has 16 heteroatoms. The van der Waals surface area contributed by atoms with E-state index < -0.39 is 44.2 Å². The fraction of sp³-hybridized carbons (Fsp3) is 0.160. The average Bonchev–Trinajstić information content (AvgIpc) is 3.36. The van der Waals surface area contributed by atoms with Gasteiger partial charge in [-0.3, -0.25) is 14.2 Å². The number of fused-ring (bicyclic) bond motifs is 1. The number of hydrogen-bond acceptors (Lipinski definition) is 8. The second-order valence-electron chi connectivity index (χ2n) is 8.72. The Morgan fingerprint density at radius 3 is 2.68 bits per heavy atom. The number of nitrogens with zero attached hydrogens (tertiary/aromatic N) is 3. The Labute approximate surface area is 240 Å². The summed E-state index contributed by atoms with van der Waals surface area (Å²) in [6.07, 6.45) is 3.16. The lowest BCUT2D eigenvalue weighted by Crippen LogP contribution is -2.43. The third-order valence-corrected chi connectivity index (χ3v) is 7.78. The SMILES string of the molecule is C=CCOC(=O)c1cccn1N(Cc1ccc(F)c(Cl)c1)C(=O)CC1=NS(=O)(=O)c2cc(NS(C)(=O)=O)ccc2N1. The number of amidine groups is 1. The maximum atomic E-state index is 13.8. The van der Waals surface area contributed by atoms with Crippen LogP contribution < -0.4 is 15.0 Å². The molecule has 2 N–H and O–H groups in total. The molecule has 0 aliphatic carbocycles. The van der Waals surface area contributed by atoms with Gasteiger partial charge in [0.1, 0.15) is 28.8 Å². The Morgan fingerprint density at radius 2 is 2.00 bits per heavy atom. The summed E-state index contributed by atoms with van der Waals surface area (Å²) in [5.41, 5.74) is 0.481. The van der Waals surface area contributed by atoms with E-state index in [9.17, 15) is 30.8 Å². The summed E-state index contributed by atoms with van der Waals surface area (Å²) in [6.45, 7) is 3.23. The van der Waals surface area contributed by atoms with Crippen LogP contribution in [0, 0.1) is 5.82 Å². The molecule has 0 spiro atoms. The first-order chi connectivity index (χ1) is 19.3. The van der Waals surface area contributed by atoms with Crippen LogP contribution in [-0.4, -0.2) is 52.1 Å². The normalized spacial score (nSPS) is 13.8. The van der Waals surface area contributed by atoms with E-state index in [4.69, 9.17) is 16.3 Å². The standard InChI is InChI=1S/C25H23ClFN5O7S2/c1-3-11-39-25(34)21-5-4-10-31(21)32(15-16-6-8-19(27)18(26)12-16)24(33)14-23-28-20-9-7-17(29-40(2,35)36)13-22(20)41(37,38)30-23/h3-10,12-13,29H,1,11,14-15H2,2H3,(H,28,30). The summed E-state index contributed by atoms with van der Waals surface area (Å²) in [6, 6.07) is 10.5. The van der Waals surface area contributed by atoms with Crippen molar-refractivity contribution in [2.24, 2.45) is 4.40 Å². The number of aromatic nitrogens is 1. The molecule has 1 aromatic heterocycles. The van der Waals surface area contributed by atoms with Gasteiger partial charge in [0.2, 0.25) is 15.9 Å². The quantitative estimate of drug-likeness (QED) is 0.257. The predicted molar refractivity (Wildman–Crippen MR) is 151 cm³/mol. The molecule has 0 fully saturated rings. The first-order valence-corrected chi connectivity index (χ1v) is 15.4. The van der Waals surface area contributed by atoms with Gasteiger partial charge in [-0.05, 0) is 48.0 Å². The lowest BCUT2D eigenvalue weighted by atomic mass is 10.2. The fourth-order valence-corrected chi connectivity index (χ4v) is 5.78. The Balaban J connectivity index is 1.66. The highest BCUT2D eigenvalue weighted by atomic mass is 35.5. The van der Waals surface area contributed by atoms with Gasteiger partial charge >= 0.3 is 5.97 Å². The number of carbonyl (C=O) groups is 2. The summed E-state index contributed by atoms with van der Waals surface area (Å²) < 4.78 is 74.9. The van der Waals surface area contributed by atoms with Gasteiger partial charge in [-0.2, -0.15) is 8.42 Å². The zero-order chi connectivity index (χ0) is 29.9. The molecule has 2 heterocycles. The second kappa shape index (κ2) is 11.7. The molecule has 0 saturated carbocycles. The number of nitrogens with one attached hydrogen (secondary N) is 2. The van der Waals surface area contributed by atoms with Crippen molar-refractivity contribution in [3.05, 3.63) is 89.5 Å². The molecule has 12 nitrogen and oxygen atoms in total. The Morgan fingerprint density at radius 1 is 1.24 bits per heavy atom. The van der Waals surface area contributed by atoms with Crippen LogP contribution in [0.3, 0.4) is 0 Å². The van der Waals surface area contributed by atoms with E-state index in [0.29, 0.717) is 5.56 Å². The molecule has 0 atom stereocenters. The summed E-state index contributed by atoms with van der Waals surface area (Å²) >= 11 is 5.92. The number of amides is 1. The van der Waals surface area contributed by atoms with Gasteiger partial charge in [0.05, 0.1) is 29.9 Å². The van der Waals surface area contributed by atoms with Crippen LogP contribution >= 0.6 is 11.6 Å². The van der Waals surface area contributed by atoms with Gasteiger partial charge in [-0.1, -0.05) is 30.3 Å². The molecular formula is C25H23ClFN5O7S2. The molecule has 0 saturated heterocycles. The molecule has 3 aromatic rings. The lowest BCUT2D eigenvalue weighted by Gasteiger charge is -2.27. The van der Waals surface area contributed by atoms with Gasteiger partial charge in [-0.15, -0.1) is 4.40 Å². The highest BCUT2D eigenvalue weighted by molar-refractivity contribution is 7.92. The highest BCUT2D eigenvalue weighted by Crippen LogP contribution is 2.31. The smallest absolute Gasteiger partial charge is 0.357 e. The summed E-state index contributed by atoms with van der Waals surface area (Å²) in [7, 11) is -7.99. The predicted octanol–water partition coefficient (Wildman–Crippen LogP) is 3.26. The number of esters is 1. The minimum absolute atomic E-state index is 0.0129. The van der Waals surface area contributed by atoms with E-state index in [-0.39, 0.29) is 46.0 Å². The second-order valence-corrected chi connectivity index (χ2v) is 12.5. The van der Waals surface area contributed by atoms with E-state index >= 15 is 0 Å². The molecular weight excluding hydrogens is 601 g/mol. The van der Waals surface area contributed by atoms with Gasteiger partial charge in [0.25, 0.3) is 10.0 Å². The summed E-state index contributed by atoms with van der Waals surface area (Å²) in [5, 5.41) is 3.73. The average molecular weight is 624 g/mol. The zero-order valence-corrected chi connectivity index (χ0v) is 23.8. The number of halogens is 2. The number of anilines is 2. The van der Waals surface area contributed by atoms with Crippen molar-refractivity contribution < 1.29 is 35.6 Å². The zero-order valence-electron chi connectivity index (χ0n) is 21.4. The van der Waals surface area contributed by atoms with Crippen molar-refractivity contribution in [1.29, 1.82) is 0 Å². The van der Waals surface area contributed by atoms with Gasteiger partial charge in [0, 0.05) is 11.9 Å². The summed E-state index contributed by atoms with van der Waals surface area (Å²) in [4.78, 5) is 26.0. The number of sulfonamides is 2. The van der Waals surface area contributed by atoms with Crippen molar-refractivity contribution in [1.82, 2.24) is 4.68 Å². The highest BCUT2D eigenvalue weighted by Gasteiger charge is 2.29. The number of benzene rings is 2. The Hall–Kier alpha value is -4.21. The van der Waals surface area contributed by atoms with Gasteiger partial charge in [-0.25, -0.2) is 22.6 Å². The van der Waals surface area contributed by atoms with Crippen LogP contribution in [0.4, 0.5) is 15.8 Å². The van der Waals surface area contributed by atoms with E-state index in [1.165, 1.54) is 53.3 Å². The number of rotatable bonds is 10. The first-order valence-electron chi connectivity index (χ1n) is 11.7. The van der Waals surface area contributed by atoms with Crippen molar-refractivity contribution in [3.63, 3.8) is 0 Å². The molecule has 0 radical (unpaired) electrons. The molecule has 0 bridgehead atoms. The van der Waals surface area contributed by atoms with E-state index in [1.807, 2.05) is 0 Å². The van der Waals surface area contributed by atoms with Crippen LogP contribution in [0.1, 0.15) is 22.5 Å². The Bertz CT molecular complexity index is 1790. The summed E-state index contributed by atoms with van der Waals surface area (Å²) in [5.74, 6) is -2.34. The number of hydrogen-bond donors (Lipinski definition) is 2. The van der Waals surface area contributed by atoms with Gasteiger partial charge < -0.3 is 10.1 Å².